The predicted octanol–water partition coefficient (Wildman–Crippen LogP) is 3.16. The first-order chi connectivity index (χ1) is 12.1. The first-order valence-corrected chi connectivity index (χ1v) is 11.0. The average molecular weight is 367 g/mol. The summed E-state index contributed by atoms with van der Waals surface area (Å²) < 4.78 is 33.7. The van der Waals surface area contributed by atoms with Crippen molar-refractivity contribution in [3.63, 3.8) is 0 Å². The van der Waals surface area contributed by atoms with Gasteiger partial charge >= 0.3 is 0 Å². The zero-order valence-electron chi connectivity index (χ0n) is 15.1. The minimum atomic E-state index is -3.44. The second-order valence-corrected chi connectivity index (χ2v) is 8.95. The Kier molecular flexibility index (Phi) is 6.36. The molecule has 1 aromatic rings. The lowest BCUT2D eigenvalue weighted by Crippen LogP contribution is -2.41. The number of benzene rings is 1. The van der Waals surface area contributed by atoms with Crippen molar-refractivity contribution in [2.45, 2.75) is 68.9 Å². The van der Waals surface area contributed by atoms with Gasteiger partial charge in [0, 0.05) is 19.1 Å². The zero-order chi connectivity index (χ0) is 17.7. The van der Waals surface area contributed by atoms with Crippen LogP contribution in [-0.2, 0) is 10.0 Å². The van der Waals surface area contributed by atoms with Crippen LogP contribution >= 0.6 is 0 Å². The molecule has 2 fully saturated rings. The quantitative estimate of drug-likeness (QED) is 0.840. The summed E-state index contributed by atoms with van der Waals surface area (Å²) >= 11 is 0. The van der Waals surface area contributed by atoms with E-state index < -0.39 is 10.0 Å². The first-order valence-electron chi connectivity index (χ1n) is 9.60. The molecule has 6 heteroatoms. The second kappa shape index (κ2) is 8.52. The molecule has 0 unspecified atom stereocenters. The van der Waals surface area contributed by atoms with Crippen molar-refractivity contribution in [1.82, 2.24) is 9.62 Å². The molecule has 140 valence electrons. The first kappa shape index (κ1) is 18.7. The summed E-state index contributed by atoms with van der Waals surface area (Å²) in [5.74, 6) is 0.744. The van der Waals surface area contributed by atoms with Gasteiger partial charge in [0.05, 0.1) is 4.90 Å². The minimum absolute atomic E-state index is 0.146. The third kappa shape index (κ3) is 4.54. The molecule has 1 heterocycles. The summed E-state index contributed by atoms with van der Waals surface area (Å²) in [5.41, 5.74) is 0. The second-order valence-electron chi connectivity index (χ2n) is 7.06. The molecule has 1 saturated carbocycles. The van der Waals surface area contributed by atoms with Gasteiger partial charge in [-0.1, -0.05) is 26.2 Å². The van der Waals surface area contributed by atoms with E-state index in [4.69, 9.17) is 4.74 Å². The van der Waals surface area contributed by atoms with E-state index in [1.54, 1.807) is 28.6 Å². The van der Waals surface area contributed by atoms with Crippen LogP contribution in [0.4, 0.5) is 0 Å². The van der Waals surface area contributed by atoms with E-state index in [-0.39, 0.29) is 12.1 Å². The fourth-order valence-electron chi connectivity index (χ4n) is 3.93. The van der Waals surface area contributed by atoms with E-state index in [0.29, 0.717) is 11.4 Å². The van der Waals surface area contributed by atoms with Gasteiger partial charge in [0.1, 0.15) is 11.9 Å². The topological polar surface area (TPSA) is 58.6 Å². The lowest BCUT2D eigenvalue weighted by Gasteiger charge is -2.32. The van der Waals surface area contributed by atoms with Gasteiger partial charge in [-0.25, -0.2) is 8.42 Å². The number of hydrogen-bond donors (Lipinski definition) is 1. The van der Waals surface area contributed by atoms with Crippen molar-refractivity contribution in [2.24, 2.45) is 0 Å². The highest BCUT2D eigenvalue weighted by Gasteiger charge is 2.31. The van der Waals surface area contributed by atoms with E-state index in [0.717, 1.165) is 57.4 Å². The van der Waals surface area contributed by atoms with Crippen molar-refractivity contribution < 1.29 is 13.2 Å². The number of hydrogen-bond acceptors (Lipinski definition) is 4. The monoisotopic (exact) mass is 366 g/mol. The number of rotatable bonds is 6. The summed E-state index contributed by atoms with van der Waals surface area (Å²) in [6.45, 7) is 4.36. The molecule has 0 spiro atoms. The Morgan fingerprint density at radius 3 is 2.40 bits per heavy atom. The molecule has 0 amide bonds. The van der Waals surface area contributed by atoms with Gasteiger partial charge in [0.15, 0.2) is 0 Å². The Bertz CT molecular complexity index is 633. The molecular formula is C19H30N2O3S. The largest absolute Gasteiger partial charge is 0.489 e. The van der Waals surface area contributed by atoms with Crippen LogP contribution in [0.15, 0.2) is 29.2 Å². The molecule has 0 bridgehead atoms. The van der Waals surface area contributed by atoms with Crippen LogP contribution in [0.5, 0.6) is 5.75 Å². The zero-order valence-corrected chi connectivity index (χ0v) is 15.9. The van der Waals surface area contributed by atoms with Crippen LogP contribution in [0, 0.1) is 0 Å². The van der Waals surface area contributed by atoms with Crippen LogP contribution in [0.25, 0.3) is 0 Å². The Hall–Kier alpha value is -1.11. The molecule has 1 aromatic carbocycles. The Balaban J connectivity index is 1.70. The van der Waals surface area contributed by atoms with Crippen molar-refractivity contribution in [3.05, 3.63) is 24.3 Å². The van der Waals surface area contributed by atoms with E-state index in [1.165, 1.54) is 6.42 Å². The Morgan fingerprint density at radius 1 is 1.08 bits per heavy atom. The molecule has 1 aliphatic heterocycles. The number of sulfonamides is 1. The van der Waals surface area contributed by atoms with E-state index in [9.17, 15) is 8.42 Å². The molecule has 2 aliphatic rings. The van der Waals surface area contributed by atoms with Crippen LogP contribution in [0.3, 0.4) is 0 Å². The van der Waals surface area contributed by atoms with Crippen LogP contribution in [0.2, 0.25) is 0 Å². The third-order valence-electron chi connectivity index (χ3n) is 5.28. The number of ether oxygens (including phenoxy) is 1. The lowest BCUT2D eigenvalue weighted by atomic mass is 9.95. The molecule has 0 radical (unpaired) electrons. The molecule has 3 rings (SSSR count). The van der Waals surface area contributed by atoms with Gasteiger partial charge in [-0.3, -0.25) is 0 Å². The summed E-state index contributed by atoms with van der Waals surface area (Å²) in [6.07, 6.45) is 7.74. The lowest BCUT2D eigenvalue weighted by molar-refractivity contribution is 0.167. The summed E-state index contributed by atoms with van der Waals surface area (Å²) in [5, 5.41) is 3.32. The van der Waals surface area contributed by atoms with Gasteiger partial charge in [-0.2, -0.15) is 4.31 Å². The Labute approximate surface area is 151 Å². The number of nitrogens with one attached hydrogen (secondary N) is 1. The van der Waals surface area contributed by atoms with Gasteiger partial charge in [-0.15, -0.1) is 0 Å². The molecule has 1 atom stereocenters. The van der Waals surface area contributed by atoms with Gasteiger partial charge in [0.2, 0.25) is 10.0 Å². The summed E-state index contributed by atoms with van der Waals surface area (Å²) in [6, 6.07) is 7.10. The van der Waals surface area contributed by atoms with Crippen LogP contribution in [-0.4, -0.2) is 44.5 Å². The normalized spacial score (nSPS) is 22.9. The van der Waals surface area contributed by atoms with Gasteiger partial charge < -0.3 is 10.1 Å². The maximum atomic E-state index is 13.0. The van der Waals surface area contributed by atoms with Crippen molar-refractivity contribution in [1.29, 1.82) is 0 Å². The highest BCUT2D eigenvalue weighted by atomic mass is 32.2. The standard InChI is InChI=1S/C19H30N2O3S/c1-2-21(16-7-4-3-5-8-16)25(22,23)19-12-10-17(11-13-19)24-18-9-6-14-20-15-18/h10-13,16,18,20H,2-9,14-15H2,1H3/t18-/m1/s1. The van der Waals surface area contributed by atoms with E-state index >= 15 is 0 Å². The van der Waals surface area contributed by atoms with Crippen molar-refractivity contribution >= 4 is 10.0 Å². The molecule has 5 nitrogen and oxygen atoms in total. The fourth-order valence-corrected chi connectivity index (χ4v) is 5.63. The number of piperidine rings is 1. The Morgan fingerprint density at radius 2 is 1.80 bits per heavy atom. The molecule has 1 saturated heterocycles. The SMILES string of the molecule is CCN(C1CCCCC1)S(=O)(=O)c1ccc(O[C@@H]2CCCNC2)cc1. The van der Waals surface area contributed by atoms with Crippen molar-refractivity contribution in [2.75, 3.05) is 19.6 Å². The molecule has 1 aliphatic carbocycles. The van der Waals surface area contributed by atoms with Gasteiger partial charge in [0.25, 0.3) is 0 Å². The van der Waals surface area contributed by atoms with E-state index in [2.05, 4.69) is 5.32 Å². The number of nitrogens with zero attached hydrogens (tertiary/aromatic N) is 1. The highest BCUT2D eigenvalue weighted by molar-refractivity contribution is 7.89. The molecular weight excluding hydrogens is 336 g/mol. The highest BCUT2D eigenvalue weighted by Crippen LogP contribution is 2.28. The third-order valence-corrected chi connectivity index (χ3v) is 7.32. The smallest absolute Gasteiger partial charge is 0.243 e. The van der Waals surface area contributed by atoms with Crippen LogP contribution < -0.4 is 10.1 Å². The summed E-state index contributed by atoms with van der Waals surface area (Å²) in [7, 11) is -3.44. The van der Waals surface area contributed by atoms with Crippen LogP contribution in [0.1, 0.15) is 51.9 Å². The van der Waals surface area contributed by atoms with Gasteiger partial charge in [-0.05, 0) is 56.5 Å². The average Bonchev–Trinajstić information content (AvgIpc) is 2.64. The molecule has 0 aromatic heterocycles. The predicted molar refractivity (Wildman–Crippen MR) is 99.4 cm³/mol. The summed E-state index contributed by atoms with van der Waals surface area (Å²) in [4.78, 5) is 0.369. The fraction of sp³-hybridized carbons (Fsp3) is 0.684. The maximum Gasteiger partial charge on any atom is 0.243 e. The van der Waals surface area contributed by atoms with E-state index in [1.807, 2.05) is 6.92 Å². The minimum Gasteiger partial charge on any atom is -0.489 e. The maximum absolute atomic E-state index is 13.0. The van der Waals surface area contributed by atoms with Crippen molar-refractivity contribution in [3.8, 4) is 5.75 Å². The molecule has 1 N–H and O–H groups in total. The molecule has 25 heavy (non-hydrogen) atoms.